The molecular weight excluding hydrogens is 472 g/mol. The zero-order chi connectivity index (χ0) is 14.3. The summed E-state index contributed by atoms with van der Waals surface area (Å²) in [5.74, 6) is 0. The summed E-state index contributed by atoms with van der Waals surface area (Å²) in [5.41, 5.74) is 5.15. The molecule has 20 heavy (non-hydrogen) atoms. The third-order valence-corrected chi connectivity index (χ3v) is 15.8. The van der Waals surface area contributed by atoms with Crippen LogP contribution in [0.15, 0.2) is 20.0 Å². The zero-order valence-electron chi connectivity index (χ0n) is 14.4. The van der Waals surface area contributed by atoms with Crippen LogP contribution in [0.2, 0.25) is 18.1 Å². The predicted molar refractivity (Wildman–Crippen MR) is 95.7 cm³/mol. The molecule has 1 aliphatic rings. The van der Waals surface area contributed by atoms with Gasteiger partial charge in [-0.15, -0.1) is 24.8 Å². The fraction of sp³-hybridized carbons (Fsp3) is 0.733. The van der Waals surface area contributed by atoms with E-state index in [9.17, 15) is 0 Å². The molecule has 1 aliphatic carbocycles. The van der Waals surface area contributed by atoms with Gasteiger partial charge in [-0.1, -0.05) is 0 Å². The van der Waals surface area contributed by atoms with Crippen molar-refractivity contribution >= 4 is 33.6 Å². The van der Waals surface area contributed by atoms with Gasteiger partial charge < -0.3 is 0 Å². The summed E-state index contributed by atoms with van der Waals surface area (Å²) < 4.78 is 5.72. The second kappa shape index (κ2) is 8.10. The summed E-state index contributed by atoms with van der Waals surface area (Å²) in [4.78, 5) is 0. The Bertz CT molecular complexity index is 411. The third kappa shape index (κ3) is 4.55. The van der Waals surface area contributed by atoms with Crippen molar-refractivity contribution in [3.8, 4) is 0 Å². The van der Waals surface area contributed by atoms with Crippen LogP contribution in [0.4, 0.5) is 0 Å². The normalized spacial score (nSPS) is 22.9. The van der Waals surface area contributed by atoms with Crippen LogP contribution in [-0.2, 0) is 23.2 Å². The molecule has 0 radical (unpaired) electrons. The maximum Gasteiger partial charge on any atom is -0.147 e. The van der Waals surface area contributed by atoms with E-state index in [0.717, 1.165) is 0 Å². The van der Waals surface area contributed by atoms with E-state index in [1.165, 1.54) is 0 Å². The van der Waals surface area contributed by atoms with Crippen LogP contribution in [0.5, 0.6) is 0 Å². The topological polar surface area (TPSA) is 12.0 Å². The Morgan fingerprint density at radius 1 is 1.00 bits per heavy atom. The Morgan fingerprint density at radius 3 is 1.80 bits per heavy atom. The van der Waals surface area contributed by atoms with E-state index in [1.807, 2.05) is 3.33 Å². The van der Waals surface area contributed by atoms with Crippen LogP contribution in [-0.4, -0.2) is 14.3 Å². The smallest absolute Gasteiger partial charge is 0.147 e. The van der Waals surface area contributed by atoms with Crippen molar-refractivity contribution in [3.05, 3.63) is 20.0 Å². The molecule has 1 nitrogen and oxygen atoms in total. The van der Waals surface area contributed by atoms with Crippen molar-refractivity contribution in [2.75, 3.05) is 0 Å². The van der Waals surface area contributed by atoms with Gasteiger partial charge >= 0.3 is 127 Å². The number of halogens is 2. The van der Waals surface area contributed by atoms with Gasteiger partial charge in [0.25, 0.3) is 0 Å². The van der Waals surface area contributed by atoms with E-state index in [2.05, 4.69) is 64.9 Å². The maximum atomic E-state index is 3.88. The van der Waals surface area contributed by atoms with Crippen LogP contribution in [0, 0.1) is 0 Å². The minimum absolute atomic E-state index is 0. The van der Waals surface area contributed by atoms with Gasteiger partial charge in [-0.05, 0) is 0 Å². The average Bonchev–Trinajstić information content (AvgIpc) is 2.39. The molecule has 0 amide bonds. The van der Waals surface area contributed by atoms with Crippen molar-refractivity contribution in [2.45, 2.75) is 72.1 Å². The van der Waals surface area contributed by atoms with Crippen LogP contribution < -0.4 is 3.30 Å². The Hall–Kier alpha value is 1.11. The van der Waals surface area contributed by atoms with Crippen molar-refractivity contribution in [1.29, 1.82) is 0 Å². The van der Waals surface area contributed by atoms with Crippen LogP contribution in [0.1, 0.15) is 48.5 Å². The quantitative estimate of drug-likeness (QED) is 0.530. The number of hydrogen-bond acceptors (Lipinski definition) is 1. The van der Waals surface area contributed by atoms with E-state index in [4.69, 9.17) is 0 Å². The standard InChI is InChI=1S/C11H19Si.C4H10N.2ClH.Hf/c1-8-7-11(4,12(5)6)10(3)9(8)2;1-4(2,3)5;;;/h12H,1-6H3;5H,1-3H3;2*1H;/q;-1;;;+1. The van der Waals surface area contributed by atoms with Gasteiger partial charge in [0.1, 0.15) is 0 Å². The Labute approximate surface area is 151 Å². The molecule has 118 valence electrons. The molecule has 0 fully saturated rings. The molecule has 1 N–H and O–H groups in total. The second-order valence-electron chi connectivity index (χ2n) is 7.11. The Balaban J connectivity index is 0. The molecule has 0 saturated heterocycles. The first-order valence-corrected chi connectivity index (χ1v) is 13.4. The number of hydrogen-bond donors (Lipinski definition) is 1. The fourth-order valence-electron chi connectivity index (χ4n) is 2.63. The van der Waals surface area contributed by atoms with Crippen molar-refractivity contribution < 1.29 is 23.2 Å². The molecule has 1 unspecified atom stereocenters. The predicted octanol–water partition coefficient (Wildman–Crippen LogP) is 5.09. The molecule has 0 aromatic rings. The van der Waals surface area contributed by atoms with Gasteiger partial charge in [0.2, 0.25) is 0 Å². The van der Waals surface area contributed by atoms with Gasteiger partial charge in [-0.2, -0.15) is 0 Å². The first kappa shape index (κ1) is 23.4. The van der Waals surface area contributed by atoms with Crippen molar-refractivity contribution in [1.82, 2.24) is 3.30 Å². The largest absolute Gasteiger partial charge is 0.147 e. The summed E-state index contributed by atoms with van der Waals surface area (Å²) in [5, 5.41) is 0.454. The second-order valence-corrected chi connectivity index (χ2v) is 14.2. The first-order valence-electron chi connectivity index (χ1n) is 6.94. The van der Waals surface area contributed by atoms with Gasteiger partial charge in [0.05, 0.1) is 0 Å². The van der Waals surface area contributed by atoms with Crippen LogP contribution in [0.25, 0.3) is 0 Å². The molecule has 0 bridgehead atoms. The van der Waals surface area contributed by atoms with E-state index in [0.29, 0.717) is 5.04 Å². The van der Waals surface area contributed by atoms with Gasteiger partial charge in [0, 0.05) is 0 Å². The summed E-state index contributed by atoms with van der Waals surface area (Å²) in [6.07, 6.45) is 0. The fourth-order valence-corrected chi connectivity index (χ4v) is 13.0. The molecule has 5 heteroatoms. The summed E-state index contributed by atoms with van der Waals surface area (Å²) in [6, 6.07) is 0. The van der Waals surface area contributed by atoms with Gasteiger partial charge in [0.15, 0.2) is 0 Å². The molecule has 0 spiro atoms. The maximum absolute atomic E-state index is 3.88. The number of rotatable bonds is 3. The third-order valence-electron chi connectivity index (χ3n) is 4.52. The summed E-state index contributed by atoms with van der Waals surface area (Å²) in [7, 11) is -0.723. The Morgan fingerprint density at radius 2 is 1.45 bits per heavy atom. The van der Waals surface area contributed by atoms with E-state index >= 15 is 0 Å². The molecule has 0 aliphatic heterocycles. The molecule has 0 heterocycles. The van der Waals surface area contributed by atoms with E-state index in [1.54, 1.807) is 16.7 Å². The SMILES string of the molecule is CC1=C(C)C(C)([SiH](C)C)[C]([Hf][NH]C(C)(C)C)=C1C.Cl.Cl. The van der Waals surface area contributed by atoms with Crippen molar-refractivity contribution in [2.24, 2.45) is 0 Å². The minimum atomic E-state index is -0.906. The molecule has 0 saturated carbocycles. The van der Waals surface area contributed by atoms with Gasteiger partial charge in [-0.3, -0.25) is 0 Å². The van der Waals surface area contributed by atoms with E-state index < -0.39 is 32.0 Å². The molecular formula is C15H31Cl2HfNSi. The Kier molecular flexibility index (Phi) is 9.46. The van der Waals surface area contributed by atoms with Crippen molar-refractivity contribution in [3.63, 3.8) is 0 Å². The summed E-state index contributed by atoms with van der Waals surface area (Å²) in [6.45, 7) is 21.5. The molecule has 1 atom stereocenters. The van der Waals surface area contributed by atoms with E-state index in [-0.39, 0.29) is 30.4 Å². The zero-order valence-corrected chi connectivity index (χ0v) is 20.8. The number of allylic oxidation sites excluding steroid dienone is 4. The monoisotopic (exact) mass is 503 g/mol. The molecule has 1 rings (SSSR count). The summed E-state index contributed by atoms with van der Waals surface area (Å²) >= 11 is -0.906. The molecule has 0 aromatic carbocycles. The van der Waals surface area contributed by atoms with Gasteiger partial charge in [-0.25, -0.2) is 0 Å². The van der Waals surface area contributed by atoms with Crippen LogP contribution >= 0.6 is 24.8 Å². The van der Waals surface area contributed by atoms with Crippen LogP contribution in [0.3, 0.4) is 0 Å². The first-order chi connectivity index (χ1) is 8.01. The minimum Gasteiger partial charge on any atom is -0.147 e. The molecule has 0 aromatic heterocycles. The number of nitrogens with one attached hydrogen (secondary N) is 1. The average molecular weight is 503 g/mol.